The van der Waals surface area contributed by atoms with Crippen LogP contribution >= 0.6 is 0 Å². The van der Waals surface area contributed by atoms with Crippen LogP contribution < -0.4 is 15.6 Å². The predicted molar refractivity (Wildman–Crippen MR) is 111 cm³/mol. The van der Waals surface area contributed by atoms with Gasteiger partial charge in [-0.25, -0.2) is 0 Å². The van der Waals surface area contributed by atoms with Crippen LogP contribution in [0.15, 0.2) is 60.8 Å². The molecule has 0 bridgehead atoms. The summed E-state index contributed by atoms with van der Waals surface area (Å²) < 4.78 is 5.28. The molecular formula is C23H25N3O2. The first-order chi connectivity index (χ1) is 13.7. The summed E-state index contributed by atoms with van der Waals surface area (Å²) in [5.74, 6) is 0.815. The maximum absolute atomic E-state index is 13.4. The molecule has 3 aromatic rings. The van der Waals surface area contributed by atoms with Crippen molar-refractivity contribution in [2.24, 2.45) is 0 Å². The third-order valence-corrected chi connectivity index (χ3v) is 5.74. The molecule has 0 saturated heterocycles. The molecule has 0 aliphatic heterocycles. The van der Waals surface area contributed by atoms with Crippen molar-refractivity contribution in [3.63, 3.8) is 0 Å². The summed E-state index contributed by atoms with van der Waals surface area (Å²) in [7, 11) is 1.65. The number of hydrogen-bond acceptors (Lipinski definition) is 4. The average Bonchev–Trinajstić information content (AvgIpc) is 2.78. The van der Waals surface area contributed by atoms with Crippen LogP contribution in [0.3, 0.4) is 0 Å². The fourth-order valence-electron chi connectivity index (χ4n) is 4.17. The molecule has 1 aliphatic carbocycles. The van der Waals surface area contributed by atoms with Crippen LogP contribution in [0.25, 0.3) is 10.9 Å². The maximum atomic E-state index is 13.4. The highest BCUT2D eigenvalue weighted by Gasteiger charge is 2.41. The van der Waals surface area contributed by atoms with E-state index in [4.69, 9.17) is 4.74 Å². The van der Waals surface area contributed by atoms with Gasteiger partial charge in [0.05, 0.1) is 23.7 Å². The number of nitrogens with zero attached hydrogens (tertiary/aromatic N) is 1. The number of methoxy groups -OCH3 is 1. The highest BCUT2D eigenvalue weighted by atomic mass is 16.5. The van der Waals surface area contributed by atoms with Crippen molar-refractivity contribution in [2.75, 3.05) is 12.5 Å². The van der Waals surface area contributed by atoms with Crippen molar-refractivity contribution in [1.29, 1.82) is 0 Å². The number of rotatable bonds is 5. The molecule has 1 aliphatic rings. The third kappa shape index (κ3) is 3.40. The molecule has 1 amide bonds. The quantitative estimate of drug-likeness (QED) is 0.640. The normalized spacial score (nSPS) is 15.8. The number of ether oxygens (including phenoxy) is 1. The van der Waals surface area contributed by atoms with Gasteiger partial charge >= 0.3 is 0 Å². The lowest BCUT2D eigenvalue weighted by molar-refractivity contribution is -0.127. The van der Waals surface area contributed by atoms with Crippen molar-refractivity contribution in [1.82, 2.24) is 10.4 Å². The summed E-state index contributed by atoms with van der Waals surface area (Å²) in [4.78, 5) is 17.7. The summed E-state index contributed by atoms with van der Waals surface area (Å²) in [5.41, 5.74) is 8.39. The molecule has 5 heteroatoms. The number of benzene rings is 2. The average molecular weight is 375 g/mol. The zero-order valence-corrected chi connectivity index (χ0v) is 16.1. The van der Waals surface area contributed by atoms with Gasteiger partial charge in [0, 0.05) is 11.6 Å². The molecule has 1 heterocycles. The van der Waals surface area contributed by atoms with Gasteiger partial charge in [0.15, 0.2) is 0 Å². The predicted octanol–water partition coefficient (Wildman–Crippen LogP) is 4.59. The van der Waals surface area contributed by atoms with E-state index >= 15 is 0 Å². The van der Waals surface area contributed by atoms with Gasteiger partial charge in [-0.3, -0.25) is 20.6 Å². The van der Waals surface area contributed by atoms with Gasteiger partial charge in [-0.05, 0) is 54.8 Å². The molecule has 2 N–H and O–H groups in total. The Morgan fingerprint density at radius 2 is 1.79 bits per heavy atom. The highest BCUT2D eigenvalue weighted by molar-refractivity contribution is 5.94. The van der Waals surface area contributed by atoms with Gasteiger partial charge in [0.2, 0.25) is 5.91 Å². The first-order valence-corrected chi connectivity index (χ1v) is 9.78. The highest BCUT2D eigenvalue weighted by Crippen LogP contribution is 2.40. The molecule has 1 fully saturated rings. The molecule has 2 aromatic carbocycles. The fraction of sp³-hybridized carbons (Fsp3) is 0.304. The molecule has 0 atom stereocenters. The molecule has 0 radical (unpaired) electrons. The van der Waals surface area contributed by atoms with E-state index in [-0.39, 0.29) is 5.91 Å². The Bertz CT molecular complexity index is 958. The van der Waals surface area contributed by atoms with Gasteiger partial charge < -0.3 is 4.74 Å². The zero-order chi connectivity index (χ0) is 19.4. The van der Waals surface area contributed by atoms with Gasteiger partial charge in [0.1, 0.15) is 5.75 Å². The van der Waals surface area contributed by atoms with Gasteiger partial charge in [0.25, 0.3) is 0 Å². The van der Waals surface area contributed by atoms with E-state index in [0.29, 0.717) is 0 Å². The van der Waals surface area contributed by atoms with E-state index < -0.39 is 5.41 Å². The van der Waals surface area contributed by atoms with Crippen molar-refractivity contribution >= 4 is 22.5 Å². The van der Waals surface area contributed by atoms with Crippen LogP contribution in [0.2, 0.25) is 0 Å². The van der Waals surface area contributed by atoms with E-state index in [0.717, 1.165) is 53.6 Å². The standard InChI is InChI=1S/C23H25N3O2/c1-28-18-12-10-17(11-13-18)23(14-3-2-4-15-23)22(27)26-25-21-9-5-8-20-19(21)7-6-16-24-20/h5-13,16,25H,2-4,14-15H2,1H3,(H,26,27). The van der Waals surface area contributed by atoms with Gasteiger partial charge in [-0.15, -0.1) is 0 Å². The van der Waals surface area contributed by atoms with Gasteiger partial charge in [-0.1, -0.05) is 37.5 Å². The minimum Gasteiger partial charge on any atom is -0.497 e. The summed E-state index contributed by atoms with van der Waals surface area (Å²) >= 11 is 0. The summed E-state index contributed by atoms with van der Waals surface area (Å²) in [6, 6.07) is 17.6. The molecule has 0 spiro atoms. The second kappa shape index (κ2) is 7.89. The lowest BCUT2D eigenvalue weighted by atomic mass is 9.69. The number of fused-ring (bicyclic) bond motifs is 1. The summed E-state index contributed by atoms with van der Waals surface area (Å²) in [6.45, 7) is 0. The van der Waals surface area contributed by atoms with E-state index in [2.05, 4.69) is 15.8 Å². The van der Waals surface area contributed by atoms with Crippen molar-refractivity contribution in [3.05, 3.63) is 66.4 Å². The van der Waals surface area contributed by atoms with Crippen molar-refractivity contribution < 1.29 is 9.53 Å². The van der Waals surface area contributed by atoms with Gasteiger partial charge in [-0.2, -0.15) is 0 Å². The molecule has 144 valence electrons. The van der Waals surface area contributed by atoms with E-state index in [1.807, 2.05) is 54.6 Å². The molecule has 1 aromatic heterocycles. The summed E-state index contributed by atoms with van der Waals surface area (Å²) in [6.07, 6.45) is 6.75. The van der Waals surface area contributed by atoms with E-state index in [1.165, 1.54) is 6.42 Å². The number of pyridine rings is 1. The Morgan fingerprint density at radius 1 is 1.00 bits per heavy atom. The number of nitrogens with one attached hydrogen (secondary N) is 2. The first kappa shape index (κ1) is 18.3. The number of hydrogen-bond donors (Lipinski definition) is 2. The Balaban J connectivity index is 1.59. The first-order valence-electron chi connectivity index (χ1n) is 9.78. The summed E-state index contributed by atoms with van der Waals surface area (Å²) in [5, 5.41) is 0.979. The van der Waals surface area contributed by atoms with Crippen LogP contribution in [0.4, 0.5) is 5.69 Å². The molecule has 1 saturated carbocycles. The third-order valence-electron chi connectivity index (χ3n) is 5.74. The van der Waals surface area contributed by atoms with E-state index in [1.54, 1.807) is 13.3 Å². The van der Waals surface area contributed by atoms with Crippen LogP contribution in [-0.2, 0) is 10.2 Å². The second-order valence-electron chi connectivity index (χ2n) is 7.33. The number of anilines is 1. The number of carbonyl (C=O) groups excluding carboxylic acids is 1. The number of carbonyl (C=O) groups is 1. The Labute approximate surface area is 165 Å². The molecule has 5 nitrogen and oxygen atoms in total. The SMILES string of the molecule is COc1ccc(C2(C(=O)NNc3cccc4ncccc34)CCCCC2)cc1. The van der Waals surface area contributed by atoms with Crippen LogP contribution in [0, 0.1) is 0 Å². The van der Waals surface area contributed by atoms with Crippen molar-refractivity contribution in [3.8, 4) is 5.75 Å². The monoisotopic (exact) mass is 375 g/mol. The zero-order valence-electron chi connectivity index (χ0n) is 16.1. The lowest BCUT2D eigenvalue weighted by Gasteiger charge is -2.36. The maximum Gasteiger partial charge on any atom is 0.248 e. The smallest absolute Gasteiger partial charge is 0.248 e. The number of hydrazine groups is 1. The number of amides is 1. The molecule has 4 rings (SSSR count). The largest absolute Gasteiger partial charge is 0.497 e. The lowest BCUT2D eigenvalue weighted by Crippen LogP contribution is -2.47. The minimum atomic E-state index is -0.514. The van der Waals surface area contributed by atoms with E-state index in [9.17, 15) is 4.79 Å². The Morgan fingerprint density at radius 3 is 2.54 bits per heavy atom. The second-order valence-corrected chi connectivity index (χ2v) is 7.33. The minimum absolute atomic E-state index is 0.0123. The number of aromatic nitrogens is 1. The topological polar surface area (TPSA) is 63.2 Å². The Kier molecular flexibility index (Phi) is 5.15. The van der Waals surface area contributed by atoms with Crippen LogP contribution in [0.1, 0.15) is 37.7 Å². The molecule has 28 heavy (non-hydrogen) atoms. The Hall–Kier alpha value is -3.08. The molecule has 0 unspecified atom stereocenters. The fourth-order valence-corrected chi connectivity index (χ4v) is 4.17. The molecular weight excluding hydrogens is 350 g/mol. The van der Waals surface area contributed by atoms with Crippen LogP contribution in [0.5, 0.6) is 5.75 Å². The van der Waals surface area contributed by atoms with Crippen LogP contribution in [-0.4, -0.2) is 18.0 Å². The van der Waals surface area contributed by atoms with Crippen molar-refractivity contribution in [2.45, 2.75) is 37.5 Å².